The second-order valence-corrected chi connectivity index (χ2v) is 3.34. The minimum absolute atomic E-state index is 0.146. The van der Waals surface area contributed by atoms with Crippen LogP contribution in [-0.2, 0) is 4.74 Å². The van der Waals surface area contributed by atoms with Crippen molar-refractivity contribution in [1.29, 1.82) is 5.26 Å². The number of ether oxygens (including phenoxy) is 1. The lowest BCUT2D eigenvalue weighted by Crippen LogP contribution is -2.09. The number of nitriles is 1. The lowest BCUT2D eigenvalue weighted by Gasteiger charge is -2.10. The van der Waals surface area contributed by atoms with Crippen molar-refractivity contribution in [3.8, 4) is 6.07 Å². The summed E-state index contributed by atoms with van der Waals surface area (Å²) in [6.07, 6.45) is -2.74. The molecule has 1 rings (SSSR count). The van der Waals surface area contributed by atoms with Crippen LogP contribution in [0.1, 0.15) is 40.4 Å². The van der Waals surface area contributed by atoms with Crippen molar-refractivity contribution in [1.82, 2.24) is 0 Å². The molecular weight excluding hydrogens is 228 g/mol. The molecule has 0 bridgehead atoms. The second kappa shape index (κ2) is 5.39. The number of rotatable bonds is 3. The fourth-order valence-corrected chi connectivity index (χ4v) is 1.49. The van der Waals surface area contributed by atoms with E-state index < -0.39 is 12.4 Å². The number of benzene rings is 1. The zero-order chi connectivity index (χ0) is 13.0. The van der Waals surface area contributed by atoms with Crippen LogP contribution in [0, 0.1) is 18.3 Å². The Balaban J connectivity index is 3.31. The van der Waals surface area contributed by atoms with E-state index in [0.717, 1.165) is 6.07 Å². The molecule has 0 saturated carbocycles. The van der Waals surface area contributed by atoms with Crippen molar-refractivity contribution in [2.45, 2.75) is 20.3 Å². The third kappa shape index (κ3) is 2.59. The van der Waals surface area contributed by atoms with E-state index in [9.17, 15) is 13.6 Å². The minimum atomic E-state index is -2.74. The summed E-state index contributed by atoms with van der Waals surface area (Å²) in [5, 5.41) is 8.85. The smallest absolute Gasteiger partial charge is 0.338 e. The first-order valence-corrected chi connectivity index (χ1v) is 5.01. The van der Waals surface area contributed by atoms with Crippen LogP contribution in [0.4, 0.5) is 8.78 Å². The Morgan fingerprint density at radius 3 is 2.65 bits per heavy atom. The van der Waals surface area contributed by atoms with E-state index in [1.165, 1.54) is 13.0 Å². The highest BCUT2D eigenvalue weighted by Gasteiger charge is 2.20. The Morgan fingerprint density at radius 2 is 2.18 bits per heavy atom. The van der Waals surface area contributed by atoms with E-state index in [0.29, 0.717) is 0 Å². The molecule has 0 fully saturated rings. The number of esters is 1. The standard InChI is InChI=1S/C12H11F2NO2/c1-3-17-12(16)8-4-5-9(11(13)14)10(6-15)7(8)2/h4-5,11H,3H2,1-2H3. The van der Waals surface area contributed by atoms with Gasteiger partial charge >= 0.3 is 5.97 Å². The van der Waals surface area contributed by atoms with E-state index in [-0.39, 0.29) is 28.9 Å². The van der Waals surface area contributed by atoms with Crippen LogP contribution in [0.3, 0.4) is 0 Å². The van der Waals surface area contributed by atoms with Crippen molar-refractivity contribution in [3.63, 3.8) is 0 Å². The highest BCUT2D eigenvalue weighted by atomic mass is 19.3. The molecule has 0 atom stereocenters. The van der Waals surface area contributed by atoms with Gasteiger partial charge in [-0.05, 0) is 25.5 Å². The Kier molecular flexibility index (Phi) is 4.16. The van der Waals surface area contributed by atoms with Gasteiger partial charge < -0.3 is 4.74 Å². The number of hydrogen-bond acceptors (Lipinski definition) is 3. The quantitative estimate of drug-likeness (QED) is 0.762. The molecule has 90 valence electrons. The van der Waals surface area contributed by atoms with Gasteiger partial charge in [-0.15, -0.1) is 0 Å². The van der Waals surface area contributed by atoms with E-state index >= 15 is 0 Å². The van der Waals surface area contributed by atoms with Crippen molar-refractivity contribution in [3.05, 3.63) is 34.4 Å². The van der Waals surface area contributed by atoms with Gasteiger partial charge in [-0.25, -0.2) is 13.6 Å². The van der Waals surface area contributed by atoms with Crippen LogP contribution in [0.5, 0.6) is 0 Å². The molecule has 0 aromatic heterocycles. The fourth-order valence-electron chi connectivity index (χ4n) is 1.49. The number of halogens is 2. The summed E-state index contributed by atoms with van der Waals surface area (Å²) in [4.78, 5) is 11.5. The van der Waals surface area contributed by atoms with Gasteiger partial charge in [-0.1, -0.05) is 6.07 Å². The predicted octanol–water partition coefficient (Wildman–Crippen LogP) is 2.98. The zero-order valence-electron chi connectivity index (χ0n) is 9.46. The summed E-state index contributed by atoms with van der Waals surface area (Å²) in [6.45, 7) is 3.29. The van der Waals surface area contributed by atoms with Gasteiger partial charge in [-0.2, -0.15) is 5.26 Å². The number of carbonyl (C=O) groups is 1. The Hall–Kier alpha value is -1.96. The summed E-state index contributed by atoms with van der Waals surface area (Å²) in [5.74, 6) is -0.609. The maximum absolute atomic E-state index is 12.6. The van der Waals surface area contributed by atoms with E-state index in [2.05, 4.69) is 0 Å². The molecule has 0 unspecified atom stereocenters. The fraction of sp³-hybridized carbons (Fsp3) is 0.333. The van der Waals surface area contributed by atoms with Gasteiger partial charge in [0.25, 0.3) is 6.43 Å². The Morgan fingerprint density at radius 1 is 1.53 bits per heavy atom. The van der Waals surface area contributed by atoms with Crippen molar-refractivity contribution in [2.75, 3.05) is 6.61 Å². The minimum Gasteiger partial charge on any atom is -0.462 e. The average molecular weight is 239 g/mol. The van der Waals surface area contributed by atoms with Gasteiger partial charge in [-0.3, -0.25) is 0 Å². The highest BCUT2D eigenvalue weighted by Crippen LogP contribution is 2.27. The third-order valence-electron chi connectivity index (χ3n) is 2.34. The third-order valence-corrected chi connectivity index (χ3v) is 2.34. The molecule has 0 amide bonds. The second-order valence-electron chi connectivity index (χ2n) is 3.34. The molecule has 17 heavy (non-hydrogen) atoms. The van der Waals surface area contributed by atoms with Crippen LogP contribution >= 0.6 is 0 Å². The van der Waals surface area contributed by atoms with Crippen molar-refractivity contribution < 1.29 is 18.3 Å². The molecule has 0 aliphatic carbocycles. The highest BCUT2D eigenvalue weighted by molar-refractivity contribution is 5.92. The normalized spacial score (nSPS) is 10.1. The largest absolute Gasteiger partial charge is 0.462 e. The summed E-state index contributed by atoms with van der Waals surface area (Å²) in [6, 6.07) is 4.04. The van der Waals surface area contributed by atoms with Crippen LogP contribution in [-0.4, -0.2) is 12.6 Å². The van der Waals surface area contributed by atoms with Gasteiger partial charge in [0.05, 0.1) is 23.8 Å². The van der Waals surface area contributed by atoms with E-state index in [1.807, 2.05) is 0 Å². The number of hydrogen-bond donors (Lipinski definition) is 0. The number of alkyl halides is 2. The van der Waals surface area contributed by atoms with Gasteiger partial charge in [0.15, 0.2) is 0 Å². The van der Waals surface area contributed by atoms with Gasteiger partial charge in [0, 0.05) is 5.56 Å². The molecule has 1 aromatic carbocycles. The van der Waals surface area contributed by atoms with Crippen LogP contribution < -0.4 is 0 Å². The Labute approximate surface area is 97.6 Å². The average Bonchev–Trinajstić information content (AvgIpc) is 2.28. The summed E-state index contributed by atoms with van der Waals surface area (Å²) >= 11 is 0. The van der Waals surface area contributed by atoms with Gasteiger partial charge in [0.2, 0.25) is 0 Å². The topological polar surface area (TPSA) is 50.1 Å². The number of carbonyl (C=O) groups excluding carboxylic acids is 1. The molecule has 0 saturated heterocycles. The molecular formula is C12H11F2NO2. The zero-order valence-corrected chi connectivity index (χ0v) is 9.46. The number of nitrogens with zero attached hydrogens (tertiary/aromatic N) is 1. The molecule has 0 radical (unpaired) electrons. The molecule has 0 N–H and O–H groups in total. The molecule has 5 heteroatoms. The maximum atomic E-state index is 12.6. The lowest BCUT2D eigenvalue weighted by molar-refractivity contribution is 0.0525. The monoisotopic (exact) mass is 239 g/mol. The Bertz CT molecular complexity index is 478. The summed E-state index contributed by atoms with van der Waals surface area (Å²) in [5.41, 5.74) is -0.153. The van der Waals surface area contributed by atoms with Crippen molar-refractivity contribution in [2.24, 2.45) is 0 Å². The van der Waals surface area contributed by atoms with Gasteiger partial charge in [0.1, 0.15) is 0 Å². The lowest BCUT2D eigenvalue weighted by atomic mass is 9.98. The molecule has 3 nitrogen and oxygen atoms in total. The molecule has 1 aromatic rings. The van der Waals surface area contributed by atoms with Crippen molar-refractivity contribution >= 4 is 5.97 Å². The molecule has 0 spiro atoms. The van der Waals surface area contributed by atoms with Crippen LogP contribution in [0.25, 0.3) is 0 Å². The van der Waals surface area contributed by atoms with Crippen LogP contribution in [0.15, 0.2) is 12.1 Å². The summed E-state index contributed by atoms with van der Waals surface area (Å²) < 4.78 is 30.0. The summed E-state index contributed by atoms with van der Waals surface area (Å²) in [7, 11) is 0. The van der Waals surface area contributed by atoms with E-state index in [1.54, 1.807) is 13.0 Å². The van der Waals surface area contributed by atoms with Crippen LogP contribution in [0.2, 0.25) is 0 Å². The SMILES string of the molecule is CCOC(=O)c1ccc(C(F)F)c(C#N)c1C. The first kappa shape index (κ1) is 13.1. The predicted molar refractivity (Wildman–Crippen MR) is 56.8 cm³/mol. The first-order valence-electron chi connectivity index (χ1n) is 5.01. The molecule has 0 aliphatic heterocycles. The molecule has 0 heterocycles. The first-order chi connectivity index (χ1) is 8.02. The van der Waals surface area contributed by atoms with E-state index in [4.69, 9.17) is 10.00 Å². The maximum Gasteiger partial charge on any atom is 0.338 e. The molecule has 0 aliphatic rings.